The maximum Gasteiger partial charge on any atom is 0.329 e. The molecule has 0 saturated heterocycles. The van der Waals surface area contributed by atoms with Gasteiger partial charge >= 0.3 is 11.8 Å². The number of halogens is 2. The fraction of sp³-hybridized carbons (Fsp3) is 0.125. The lowest BCUT2D eigenvalue weighted by Crippen LogP contribution is -2.39. The van der Waals surface area contributed by atoms with E-state index in [0.717, 1.165) is 15.6 Å². The Morgan fingerprint density at radius 3 is 2.53 bits per heavy atom. The second-order valence-electron chi connectivity index (χ2n) is 6.87. The molecule has 3 rings (SSSR count). The third-order valence-corrected chi connectivity index (χ3v) is 5.40. The zero-order valence-electron chi connectivity index (χ0n) is 17.2. The van der Waals surface area contributed by atoms with E-state index in [0.29, 0.717) is 16.3 Å². The summed E-state index contributed by atoms with van der Waals surface area (Å²) in [5, 5.41) is 7.16. The van der Waals surface area contributed by atoms with Crippen LogP contribution in [-0.4, -0.2) is 18.0 Å². The number of benzene rings is 3. The molecule has 0 heterocycles. The van der Waals surface area contributed by atoms with E-state index < -0.39 is 11.8 Å². The fourth-order valence-electron chi connectivity index (χ4n) is 2.82. The maximum atomic E-state index is 12.1. The number of carbonyl (C=O) groups is 2. The minimum absolute atomic E-state index is 0.272. The average molecular weight is 515 g/mol. The monoisotopic (exact) mass is 513 g/mol. The number of carbonyl (C=O) groups excluding carboxylic acids is 2. The molecule has 0 saturated carbocycles. The molecular weight excluding hydrogens is 494 g/mol. The number of rotatable bonds is 7. The molecule has 0 spiro atoms. The Morgan fingerprint density at radius 1 is 1.06 bits per heavy atom. The first-order valence-electron chi connectivity index (χ1n) is 9.78. The summed E-state index contributed by atoms with van der Waals surface area (Å²) in [6.07, 6.45) is 1.42. The number of nitrogens with one attached hydrogen (secondary N) is 2. The van der Waals surface area contributed by atoms with E-state index in [4.69, 9.17) is 16.3 Å². The van der Waals surface area contributed by atoms with E-state index in [2.05, 4.69) is 31.8 Å². The molecule has 0 radical (unpaired) electrons. The van der Waals surface area contributed by atoms with Crippen molar-refractivity contribution in [1.29, 1.82) is 0 Å². The molecule has 32 heavy (non-hydrogen) atoms. The maximum absolute atomic E-state index is 12.1. The summed E-state index contributed by atoms with van der Waals surface area (Å²) in [5.74, 6) is -1.09. The van der Waals surface area contributed by atoms with Crippen LogP contribution >= 0.6 is 27.5 Å². The van der Waals surface area contributed by atoms with Gasteiger partial charge in [0.2, 0.25) is 0 Å². The highest BCUT2D eigenvalue weighted by Gasteiger charge is 2.16. The van der Waals surface area contributed by atoms with Gasteiger partial charge in [-0.2, -0.15) is 5.10 Å². The summed E-state index contributed by atoms with van der Waals surface area (Å²) in [6.45, 7) is 2.07. The van der Waals surface area contributed by atoms with Crippen LogP contribution in [-0.2, 0) is 16.2 Å². The quantitative estimate of drug-likeness (QED) is 0.264. The highest BCUT2D eigenvalue weighted by Crippen LogP contribution is 2.24. The van der Waals surface area contributed by atoms with Gasteiger partial charge in [-0.1, -0.05) is 76.1 Å². The lowest BCUT2D eigenvalue weighted by Gasteiger charge is -2.13. The standard InChI is InChI=1S/C24H21BrClN3O3/c1-16(17-7-3-2-4-8-17)28-23(30)24(31)29-27-14-19-13-20(25)11-12-22(19)32-15-18-9-5-6-10-21(18)26/h2-14,16H,15H2,1H3,(H,28,30)(H,29,31)/b27-14-/t16-/m1/s1. The van der Waals surface area contributed by atoms with Gasteiger partial charge in [0.1, 0.15) is 12.4 Å². The van der Waals surface area contributed by atoms with Crippen LogP contribution in [0.3, 0.4) is 0 Å². The molecule has 0 aliphatic rings. The van der Waals surface area contributed by atoms with E-state index in [9.17, 15) is 9.59 Å². The number of nitrogens with zero attached hydrogens (tertiary/aromatic N) is 1. The molecule has 8 heteroatoms. The molecule has 3 aromatic rings. The van der Waals surface area contributed by atoms with Gasteiger partial charge in [-0.15, -0.1) is 0 Å². The predicted octanol–water partition coefficient (Wildman–Crippen LogP) is 5.01. The number of hydrogen-bond acceptors (Lipinski definition) is 4. The van der Waals surface area contributed by atoms with E-state index in [1.807, 2.05) is 54.6 Å². The normalized spacial score (nSPS) is 11.7. The van der Waals surface area contributed by atoms with Crippen LogP contribution in [0, 0.1) is 0 Å². The molecule has 164 valence electrons. The summed E-state index contributed by atoms with van der Waals surface area (Å²) in [4.78, 5) is 24.2. The van der Waals surface area contributed by atoms with E-state index in [1.54, 1.807) is 25.1 Å². The zero-order valence-corrected chi connectivity index (χ0v) is 19.6. The van der Waals surface area contributed by atoms with Crippen LogP contribution in [0.2, 0.25) is 5.02 Å². The van der Waals surface area contributed by atoms with Gasteiger partial charge in [-0.3, -0.25) is 9.59 Å². The number of hydrazone groups is 1. The first-order chi connectivity index (χ1) is 15.4. The summed E-state index contributed by atoms with van der Waals surface area (Å²) >= 11 is 9.59. The summed E-state index contributed by atoms with van der Waals surface area (Å²) in [5.41, 5.74) is 4.60. The molecule has 2 N–H and O–H groups in total. The molecule has 0 unspecified atom stereocenters. The first kappa shape index (κ1) is 23.5. The third kappa shape index (κ3) is 6.67. The van der Waals surface area contributed by atoms with Crippen molar-refractivity contribution in [1.82, 2.24) is 10.7 Å². The van der Waals surface area contributed by atoms with Crippen molar-refractivity contribution < 1.29 is 14.3 Å². The molecule has 0 fully saturated rings. The van der Waals surface area contributed by atoms with Gasteiger partial charge in [0, 0.05) is 20.6 Å². The van der Waals surface area contributed by atoms with Crippen molar-refractivity contribution in [3.63, 3.8) is 0 Å². The average Bonchev–Trinajstić information content (AvgIpc) is 2.80. The number of amides is 2. The van der Waals surface area contributed by atoms with Crippen molar-refractivity contribution in [2.45, 2.75) is 19.6 Å². The number of hydrogen-bond donors (Lipinski definition) is 2. The van der Waals surface area contributed by atoms with Crippen molar-refractivity contribution >= 4 is 45.6 Å². The van der Waals surface area contributed by atoms with Gasteiger partial charge in [0.15, 0.2) is 0 Å². The lowest BCUT2D eigenvalue weighted by molar-refractivity contribution is -0.139. The topological polar surface area (TPSA) is 79.8 Å². The van der Waals surface area contributed by atoms with Crippen LogP contribution in [0.15, 0.2) is 82.4 Å². The van der Waals surface area contributed by atoms with Crippen LogP contribution in [0.5, 0.6) is 5.75 Å². The smallest absolute Gasteiger partial charge is 0.329 e. The Labute approximate surface area is 199 Å². The molecule has 0 aliphatic carbocycles. The Bertz CT molecular complexity index is 1120. The molecular formula is C24H21BrClN3O3. The SMILES string of the molecule is C[C@@H](NC(=O)C(=O)N/N=C\c1cc(Br)ccc1OCc1ccccc1Cl)c1ccccc1. The van der Waals surface area contributed by atoms with Crippen LogP contribution < -0.4 is 15.5 Å². The minimum Gasteiger partial charge on any atom is -0.488 e. The van der Waals surface area contributed by atoms with Gasteiger partial charge in [0.25, 0.3) is 0 Å². The molecule has 2 amide bonds. The van der Waals surface area contributed by atoms with Crippen molar-refractivity contribution in [2.75, 3.05) is 0 Å². The predicted molar refractivity (Wildman–Crippen MR) is 129 cm³/mol. The number of ether oxygens (including phenoxy) is 1. The van der Waals surface area contributed by atoms with Crippen molar-refractivity contribution in [3.8, 4) is 5.75 Å². The summed E-state index contributed by atoms with van der Waals surface area (Å²) in [7, 11) is 0. The molecule has 6 nitrogen and oxygen atoms in total. The van der Waals surface area contributed by atoms with Gasteiger partial charge < -0.3 is 10.1 Å². The van der Waals surface area contributed by atoms with E-state index >= 15 is 0 Å². The molecule has 0 bridgehead atoms. The highest BCUT2D eigenvalue weighted by molar-refractivity contribution is 9.10. The second kappa shape index (κ2) is 11.5. The molecule has 0 aromatic heterocycles. The largest absolute Gasteiger partial charge is 0.488 e. The Hall–Kier alpha value is -3.16. The second-order valence-corrected chi connectivity index (χ2v) is 8.19. The van der Waals surface area contributed by atoms with Crippen molar-refractivity contribution in [2.24, 2.45) is 5.10 Å². The van der Waals surface area contributed by atoms with Gasteiger partial charge in [0.05, 0.1) is 12.3 Å². The Balaban J connectivity index is 1.60. The molecule has 0 aliphatic heterocycles. The Morgan fingerprint density at radius 2 is 1.78 bits per heavy atom. The van der Waals surface area contributed by atoms with E-state index in [1.165, 1.54) is 6.21 Å². The summed E-state index contributed by atoms with van der Waals surface area (Å²) in [6, 6.07) is 21.9. The van der Waals surface area contributed by atoms with Gasteiger partial charge in [-0.25, -0.2) is 5.43 Å². The fourth-order valence-corrected chi connectivity index (χ4v) is 3.39. The van der Waals surface area contributed by atoms with Crippen LogP contribution in [0.4, 0.5) is 0 Å². The Kier molecular flexibility index (Phi) is 8.41. The summed E-state index contributed by atoms with van der Waals surface area (Å²) < 4.78 is 6.69. The van der Waals surface area contributed by atoms with Crippen molar-refractivity contribution in [3.05, 3.63) is 99.0 Å². The first-order valence-corrected chi connectivity index (χ1v) is 11.0. The molecule has 3 aromatic carbocycles. The van der Waals surface area contributed by atoms with Gasteiger partial charge in [-0.05, 0) is 36.8 Å². The van der Waals surface area contributed by atoms with Crippen LogP contribution in [0.25, 0.3) is 0 Å². The minimum atomic E-state index is -0.863. The lowest BCUT2D eigenvalue weighted by atomic mass is 10.1. The molecule has 1 atom stereocenters. The van der Waals surface area contributed by atoms with Crippen LogP contribution in [0.1, 0.15) is 29.7 Å². The third-order valence-electron chi connectivity index (χ3n) is 4.54. The highest BCUT2D eigenvalue weighted by atomic mass is 79.9. The zero-order chi connectivity index (χ0) is 22.9. The van der Waals surface area contributed by atoms with E-state index in [-0.39, 0.29) is 12.6 Å².